The number of ether oxygens (including phenoxy) is 3. The van der Waals surface area contributed by atoms with Gasteiger partial charge in [-0.2, -0.15) is 12.7 Å². The Hall–Kier alpha value is -1.39. The minimum absolute atomic E-state index is 0.155. The smallest absolute Gasteiger partial charge is 0.427 e. The van der Waals surface area contributed by atoms with Crippen LogP contribution < -0.4 is 0 Å². The van der Waals surface area contributed by atoms with Crippen molar-refractivity contribution in [1.29, 1.82) is 0 Å². The lowest BCUT2D eigenvalue weighted by Crippen LogP contribution is -2.61. The minimum atomic E-state index is -4.50. The van der Waals surface area contributed by atoms with Gasteiger partial charge in [-0.05, 0) is 41.5 Å². The van der Waals surface area contributed by atoms with Crippen LogP contribution in [0.1, 0.15) is 41.5 Å². The first-order chi connectivity index (χ1) is 10.7. The van der Waals surface area contributed by atoms with Crippen LogP contribution in [0.5, 0.6) is 0 Å². The van der Waals surface area contributed by atoms with E-state index < -0.39 is 45.2 Å². The molecule has 2 heterocycles. The van der Waals surface area contributed by atoms with Crippen molar-refractivity contribution in [3.05, 3.63) is 0 Å². The number of amides is 1. The number of carbonyl (C=O) groups excluding carboxylic acids is 2. The van der Waals surface area contributed by atoms with Crippen molar-refractivity contribution < 1.29 is 36.4 Å². The molecular weight excluding hydrogens is 342 g/mol. The van der Waals surface area contributed by atoms with Crippen LogP contribution in [0.3, 0.4) is 0 Å². The van der Waals surface area contributed by atoms with Crippen LogP contribution in [-0.4, -0.2) is 60.8 Å². The fourth-order valence-electron chi connectivity index (χ4n) is 2.44. The lowest BCUT2D eigenvalue weighted by Gasteiger charge is -2.34. The zero-order valence-electron chi connectivity index (χ0n) is 14.6. The summed E-state index contributed by atoms with van der Waals surface area (Å²) in [5.74, 6) is -0.913. The third kappa shape index (κ3) is 3.35. The largest absolute Gasteiger partial charge is 0.458 e. The summed E-state index contributed by atoms with van der Waals surface area (Å²) < 4.78 is 45.6. The van der Waals surface area contributed by atoms with E-state index in [-0.39, 0.29) is 13.2 Å². The van der Waals surface area contributed by atoms with E-state index in [1.807, 2.05) is 0 Å². The molecule has 1 amide bonds. The quantitative estimate of drug-likeness (QED) is 0.633. The molecule has 138 valence electrons. The second kappa shape index (κ2) is 5.57. The molecule has 0 aromatic carbocycles. The molecule has 0 spiro atoms. The van der Waals surface area contributed by atoms with Gasteiger partial charge < -0.3 is 14.2 Å². The van der Waals surface area contributed by atoms with Crippen molar-refractivity contribution in [3.8, 4) is 0 Å². The summed E-state index contributed by atoms with van der Waals surface area (Å²) in [5.41, 5.74) is -3.77. The van der Waals surface area contributed by atoms with E-state index >= 15 is 0 Å². The van der Waals surface area contributed by atoms with Crippen LogP contribution in [0, 0.1) is 0 Å². The van der Waals surface area contributed by atoms with Gasteiger partial charge in [-0.3, -0.25) is 0 Å². The predicted octanol–water partition coefficient (Wildman–Crippen LogP) is 0.978. The Morgan fingerprint density at radius 3 is 2.12 bits per heavy atom. The average molecular weight is 365 g/mol. The van der Waals surface area contributed by atoms with Gasteiger partial charge >= 0.3 is 22.4 Å². The number of hydrogen-bond donors (Lipinski definition) is 0. The summed E-state index contributed by atoms with van der Waals surface area (Å²) in [6, 6.07) is 0. The Bertz CT molecular complexity index is 645. The maximum Gasteiger partial charge on any atom is 0.427 e. The number of fused-ring (bicyclic) bond motifs is 1. The van der Waals surface area contributed by atoms with E-state index in [9.17, 15) is 18.0 Å². The van der Waals surface area contributed by atoms with Gasteiger partial charge in [0.05, 0.1) is 13.2 Å². The van der Waals surface area contributed by atoms with E-state index in [1.54, 1.807) is 41.5 Å². The first-order valence-electron chi connectivity index (χ1n) is 7.47. The van der Waals surface area contributed by atoms with Crippen LogP contribution in [-0.2, 0) is 33.5 Å². The molecule has 0 bridgehead atoms. The third-order valence-corrected chi connectivity index (χ3v) is 4.66. The fourth-order valence-corrected chi connectivity index (χ4v) is 3.89. The van der Waals surface area contributed by atoms with Crippen molar-refractivity contribution in [2.24, 2.45) is 0 Å². The molecule has 0 radical (unpaired) electrons. The molecule has 2 rings (SSSR count). The number of nitrogens with zero attached hydrogens (tertiary/aromatic N) is 1. The second-order valence-electron chi connectivity index (χ2n) is 7.73. The normalized spacial score (nSPS) is 29.2. The summed E-state index contributed by atoms with van der Waals surface area (Å²) in [4.78, 5) is 25.2. The Labute approximate surface area is 141 Å². The Kier molecular flexibility index (Phi) is 4.39. The molecule has 0 N–H and O–H groups in total. The highest BCUT2D eigenvalue weighted by atomic mass is 32.2. The van der Waals surface area contributed by atoms with E-state index in [1.165, 1.54) is 0 Å². The summed E-state index contributed by atoms with van der Waals surface area (Å²) in [6.45, 7) is 9.13. The van der Waals surface area contributed by atoms with E-state index in [0.29, 0.717) is 4.31 Å². The first-order valence-corrected chi connectivity index (χ1v) is 8.83. The summed E-state index contributed by atoms with van der Waals surface area (Å²) >= 11 is 0. The van der Waals surface area contributed by atoms with Gasteiger partial charge in [0.2, 0.25) is 5.54 Å². The highest BCUT2D eigenvalue weighted by Gasteiger charge is 2.70. The number of rotatable bonds is 1. The van der Waals surface area contributed by atoms with Gasteiger partial charge in [0.25, 0.3) is 0 Å². The molecule has 0 saturated carbocycles. The van der Waals surface area contributed by atoms with Crippen LogP contribution >= 0.6 is 0 Å². The molecule has 0 aliphatic carbocycles. The van der Waals surface area contributed by atoms with Crippen molar-refractivity contribution >= 4 is 22.4 Å². The van der Waals surface area contributed by atoms with Crippen LogP contribution in [0.25, 0.3) is 0 Å². The second-order valence-corrected chi connectivity index (χ2v) is 9.14. The SMILES string of the molecule is CC(C)(C)OC(=O)N1[C@@]2(C(=O)OC(C)(C)C)COC[C@@H]2OS1(=O)=O. The van der Waals surface area contributed by atoms with Gasteiger partial charge in [-0.15, -0.1) is 0 Å². The lowest BCUT2D eigenvalue weighted by molar-refractivity contribution is -0.167. The molecule has 9 nitrogen and oxygen atoms in total. The molecule has 2 aliphatic rings. The topological polar surface area (TPSA) is 108 Å². The van der Waals surface area contributed by atoms with Gasteiger partial charge in [-0.25, -0.2) is 13.8 Å². The Morgan fingerprint density at radius 1 is 1.08 bits per heavy atom. The zero-order valence-corrected chi connectivity index (χ0v) is 15.4. The molecule has 2 atom stereocenters. The Morgan fingerprint density at radius 2 is 1.62 bits per heavy atom. The molecule has 24 heavy (non-hydrogen) atoms. The third-order valence-electron chi connectivity index (χ3n) is 3.26. The highest BCUT2D eigenvalue weighted by Crippen LogP contribution is 2.42. The van der Waals surface area contributed by atoms with Crippen molar-refractivity contribution in [1.82, 2.24) is 4.31 Å². The fraction of sp³-hybridized carbons (Fsp3) is 0.857. The maximum absolute atomic E-state index is 12.7. The van der Waals surface area contributed by atoms with Crippen LogP contribution in [0.4, 0.5) is 4.79 Å². The lowest BCUT2D eigenvalue weighted by atomic mass is 9.95. The number of carbonyl (C=O) groups is 2. The average Bonchev–Trinajstić information content (AvgIpc) is 2.76. The highest BCUT2D eigenvalue weighted by molar-refractivity contribution is 7.85. The minimum Gasteiger partial charge on any atom is -0.458 e. The Balaban J connectivity index is 2.47. The number of esters is 1. The predicted molar refractivity (Wildman–Crippen MR) is 81.3 cm³/mol. The van der Waals surface area contributed by atoms with E-state index in [2.05, 4.69) is 0 Å². The first kappa shape index (κ1) is 18.9. The molecule has 0 unspecified atom stereocenters. The van der Waals surface area contributed by atoms with Crippen molar-refractivity contribution in [2.45, 2.75) is 64.4 Å². The van der Waals surface area contributed by atoms with Crippen molar-refractivity contribution in [2.75, 3.05) is 13.2 Å². The maximum atomic E-state index is 12.7. The molecular formula is C14H23NO8S. The molecule has 2 saturated heterocycles. The van der Waals surface area contributed by atoms with Crippen LogP contribution in [0.15, 0.2) is 0 Å². The van der Waals surface area contributed by atoms with E-state index in [0.717, 1.165) is 0 Å². The molecule has 0 aromatic rings. The molecule has 10 heteroatoms. The van der Waals surface area contributed by atoms with Crippen LogP contribution in [0.2, 0.25) is 0 Å². The van der Waals surface area contributed by atoms with Gasteiger partial charge in [0, 0.05) is 0 Å². The van der Waals surface area contributed by atoms with Gasteiger partial charge in [-0.1, -0.05) is 0 Å². The zero-order chi connectivity index (χ0) is 18.6. The van der Waals surface area contributed by atoms with Gasteiger partial charge in [0.15, 0.2) is 0 Å². The van der Waals surface area contributed by atoms with Crippen molar-refractivity contribution in [3.63, 3.8) is 0 Å². The number of hydrogen-bond acceptors (Lipinski definition) is 8. The summed E-state index contributed by atoms with van der Waals surface area (Å²) in [7, 11) is -4.50. The summed E-state index contributed by atoms with van der Waals surface area (Å²) in [5, 5.41) is 0. The molecule has 0 aromatic heterocycles. The molecule has 2 fully saturated rings. The van der Waals surface area contributed by atoms with E-state index in [4.69, 9.17) is 18.4 Å². The summed E-state index contributed by atoms with van der Waals surface area (Å²) in [6.07, 6.45) is -2.38. The molecule has 2 aliphatic heterocycles. The monoisotopic (exact) mass is 365 g/mol. The van der Waals surface area contributed by atoms with Gasteiger partial charge in [0.1, 0.15) is 17.3 Å². The standard InChI is InChI=1S/C14H23NO8S/c1-12(2,3)21-10(16)14-8-20-7-9(14)23-24(18,19)15(14)11(17)22-13(4,5)6/h9H,7-8H2,1-6H3/t9-,14-/m0/s1.